The molecule has 1 atom stereocenters. The Kier molecular flexibility index (Phi) is 8.53. The van der Waals surface area contributed by atoms with Crippen molar-refractivity contribution < 1.29 is 14.2 Å². The third kappa shape index (κ3) is 7.18. The van der Waals surface area contributed by atoms with E-state index in [1.165, 1.54) is 6.07 Å². The second kappa shape index (κ2) is 10.9. The van der Waals surface area contributed by atoms with Gasteiger partial charge >= 0.3 is 0 Å². The van der Waals surface area contributed by atoms with Gasteiger partial charge < -0.3 is 14.4 Å². The van der Waals surface area contributed by atoms with Crippen molar-refractivity contribution in [1.82, 2.24) is 9.47 Å². The maximum atomic E-state index is 14.0. The average molecular weight is 372 g/mol. The van der Waals surface area contributed by atoms with Crippen LogP contribution in [0.3, 0.4) is 0 Å². The van der Waals surface area contributed by atoms with Crippen LogP contribution in [0.4, 0.5) is 4.39 Å². The molecule has 2 rings (SSSR count). The molecule has 146 valence electrons. The second-order valence-electron chi connectivity index (χ2n) is 7.18. The van der Waals surface area contributed by atoms with E-state index in [-0.39, 0.29) is 19.0 Å². The minimum absolute atomic E-state index is 0.197. The van der Waals surface area contributed by atoms with E-state index in [9.17, 15) is 9.50 Å². The Hall–Kier alpha value is -2.13. The second-order valence-corrected chi connectivity index (χ2v) is 7.18. The first-order valence-electron chi connectivity index (χ1n) is 9.28. The molecule has 0 unspecified atom stereocenters. The zero-order valence-electron chi connectivity index (χ0n) is 16.1. The normalized spacial score (nSPS) is 12.5. The van der Waals surface area contributed by atoms with Crippen LogP contribution < -0.4 is 0 Å². The molecule has 4 nitrogen and oxygen atoms in total. The molecule has 5 heteroatoms. The largest absolute Gasteiger partial charge is 0.389 e. The smallest absolute Gasteiger partial charge is 0.128 e. The zero-order chi connectivity index (χ0) is 19.6. The van der Waals surface area contributed by atoms with Crippen molar-refractivity contribution in [2.24, 2.45) is 5.92 Å². The van der Waals surface area contributed by atoms with Crippen molar-refractivity contribution in [3.8, 4) is 12.3 Å². The molecule has 0 fully saturated rings. The monoisotopic (exact) mass is 372 g/mol. The van der Waals surface area contributed by atoms with Crippen LogP contribution in [0.5, 0.6) is 0 Å². The summed E-state index contributed by atoms with van der Waals surface area (Å²) in [5, 5.41) is 10.2. The zero-order valence-corrected chi connectivity index (χ0v) is 16.1. The number of terminal acetylenes is 1. The van der Waals surface area contributed by atoms with Crippen molar-refractivity contribution >= 4 is 0 Å². The van der Waals surface area contributed by atoms with Crippen LogP contribution in [0.15, 0.2) is 42.6 Å². The highest BCUT2D eigenvalue weighted by Gasteiger charge is 2.16. The number of aliphatic hydroxyl groups is 1. The minimum atomic E-state index is -0.605. The molecule has 0 saturated carbocycles. The quantitative estimate of drug-likeness (QED) is 0.486. The van der Waals surface area contributed by atoms with Crippen molar-refractivity contribution in [3.05, 3.63) is 59.7 Å². The molecule has 0 bridgehead atoms. The van der Waals surface area contributed by atoms with Gasteiger partial charge in [0, 0.05) is 37.1 Å². The molecular formula is C22H29FN2O2. The van der Waals surface area contributed by atoms with Crippen molar-refractivity contribution in [1.29, 1.82) is 0 Å². The molecule has 0 aliphatic carbocycles. The Morgan fingerprint density at radius 2 is 2.00 bits per heavy atom. The summed E-state index contributed by atoms with van der Waals surface area (Å²) in [4.78, 5) is 2.20. The summed E-state index contributed by atoms with van der Waals surface area (Å²) in [6.07, 6.45) is 6.52. The Morgan fingerprint density at radius 3 is 2.70 bits per heavy atom. The van der Waals surface area contributed by atoms with Gasteiger partial charge in [-0.2, -0.15) is 0 Å². The lowest BCUT2D eigenvalue weighted by atomic mass is 10.2. The number of hydrogen-bond acceptors (Lipinski definition) is 3. The number of halogens is 1. The third-order valence-electron chi connectivity index (χ3n) is 4.20. The Morgan fingerprint density at radius 1 is 1.22 bits per heavy atom. The van der Waals surface area contributed by atoms with Crippen molar-refractivity contribution in [3.63, 3.8) is 0 Å². The molecule has 1 heterocycles. The molecule has 27 heavy (non-hydrogen) atoms. The molecule has 0 amide bonds. The molecule has 2 aromatic rings. The number of rotatable bonds is 11. The van der Waals surface area contributed by atoms with Gasteiger partial charge in [0.05, 0.1) is 19.3 Å². The average Bonchev–Trinajstić information content (AvgIpc) is 3.03. The fourth-order valence-corrected chi connectivity index (χ4v) is 3.11. The first kappa shape index (κ1) is 21.2. The first-order chi connectivity index (χ1) is 13.0. The Labute approximate surface area is 161 Å². The lowest BCUT2D eigenvalue weighted by molar-refractivity contribution is 0.0233. The summed E-state index contributed by atoms with van der Waals surface area (Å²) >= 11 is 0. The van der Waals surface area contributed by atoms with Crippen LogP contribution in [0.25, 0.3) is 0 Å². The molecule has 0 aliphatic rings. The number of ether oxygens (including phenoxy) is 1. The van der Waals surface area contributed by atoms with Gasteiger partial charge in [-0.3, -0.25) is 4.90 Å². The Balaban J connectivity index is 2.03. The number of aromatic nitrogens is 1. The maximum absolute atomic E-state index is 14.0. The lowest BCUT2D eigenvalue weighted by Crippen LogP contribution is -2.37. The fourth-order valence-electron chi connectivity index (χ4n) is 3.11. The highest BCUT2D eigenvalue weighted by atomic mass is 19.1. The summed E-state index contributed by atoms with van der Waals surface area (Å²) in [5.41, 5.74) is 1.74. The van der Waals surface area contributed by atoms with E-state index in [4.69, 9.17) is 11.2 Å². The molecule has 0 radical (unpaired) electrons. The van der Waals surface area contributed by atoms with E-state index < -0.39 is 6.10 Å². The minimum Gasteiger partial charge on any atom is -0.389 e. The molecule has 0 aliphatic heterocycles. The van der Waals surface area contributed by atoms with E-state index in [0.717, 1.165) is 12.2 Å². The van der Waals surface area contributed by atoms with Crippen LogP contribution in [-0.4, -0.2) is 47.0 Å². The van der Waals surface area contributed by atoms with Gasteiger partial charge in [-0.15, -0.1) is 6.42 Å². The molecule has 1 aromatic heterocycles. The van der Waals surface area contributed by atoms with Gasteiger partial charge in [-0.05, 0) is 24.1 Å². The molecule has 0 spiro atoms. The highest BCUT2D eigenvalue weighted by Crippen LogP contribution is 2.14. The van der Waals surface area contributed by atoms with Gasteiger partial charge in [0.2, 0.25) is 0 Å². The third-order valence-corrected chi connectivity index (χ3v) is 4.20. The molecule has 0 saturated heterocycles. The van der Waals surface area contributed by atoms with Crippen LogP contribution in [-0.2, 0) is 17.8 Å². The number of aliphatic hydroxyl groups excluding tert-OH is 1. The van der Waals surface area contributed by atoms with Gasteiger partial charge in [-0.1, -0.05) is 38.0 Å². The summed E-state index contributed by atoms with van der Waals surface area (Å²) in [6, 6.07) is 10.8. The van der Waals surface area contributed by atoms with Crippen LogP contribution in [0.2, 0.25) is 0 Å². The van der Waals surface area contributed by atoms with Crippen LogP contribution in [0.1, 0.15) is 25.1 Å². The standard InChI is InChI=1S/C22H29FN2O2/c1-4-12-27-17-21(26)16-24(13-18(2)3)15-20-9-7-11-25(20)14-19-8-5-6-10-22(19)23/h1,5-11,18,21,26H,12-17H2,2-3H3/t21-/m0/s1. The van der Waals surface area contributed by atoms with Gasteiger partial charge in [0.1, 0.15) is 12.4 Å². The summed E-state index contributed by atoms with van der Waals surface area (Å²) < 4.78 is 21.3. The van der Waals surface area contributed by atoms with Gasteiger partial charge in [-0.25, -0.2) is 4.39 Å². The van der Waals surface area contributed by atoms with E-state index in [2.05, 4.69) is 24.7 Å². The van der Waals surface area contributed by atoms with Crippen LogP contribution >= 0.6 is 0 Å². The van der Waals surface area contributed by atoms with Crippen molar-refractivity contribution in [2.45, 2.75) is 33.0 Å². The predicted molar refractivity (Wildman–Crippen MR) is 106 cm³/mol. The van der Waals surface area contributed by atoms with Gasteiger partial charge in [0.25, 0.3) is 0 Å². The number of nitrogens with zero attached hydrogens (tertiary/aromatic N) is 2. The summed E-state index contributed by atoms with van der Waals surface area (Å²) in [5.74, 6) is 2.66. The Bertz CT molecular complexity index is 736. The lowest BCUT2D eigenvalue weighted by Gasteiger charge is -2.27. The maximum Gasteiger partial charge on any atom is 0.128 e. The van der Waals surface area contributed by atoms with Crippen LogP contribution in [0, 0.1) is 24.1 Å². The number of hydrogen-bond donors (Lipinski definition) is 1. The summed E-state index contributed by atoms with van der Waals surface area (Å²) in [7, 11) is 0. The van der Waals surface area contributed by atoms with E-state index in [0.29, 0.717) is 31.1 Å². The van der Waals surface area contributed by atoms with Gasteiger partial charge in [0.15, 0.2) is 0 Å². The number of benzene rings is 1. The SMILES string of the molecule is C#CCOC[C@@H](O)CN(Cc1cccn1Cc1ccccc1F)CC(C)C. The topological polar surface area (TPSA) is 37.6 Å². The highest BCUT2D eigenvalue weighted by molar-refractivity contribution is 5.19. The van der Waals surface area contributed by atoms with E-state index >= 15 is 0 Å². The fraction of sp³-hybridized carbons (Fsp3) is 0.455. The van der Waals surface area contributed by atoms with E-state index in [1.54, 1.807) is 12.1 Å². The molecule has 1 aromatic carbocycles. The summed E-state index contributed by atoms with van der Waals surface area (Å²) in [6.45, 7) is 7.20. The molecular weight excluding hydrogens is 343 g/mol. The predicted octanol–water partition coefficient (Wildman–Crippen LogP) is 3.14. The molecule has 1 N–H and O–H groups in total. The van der Waals surface area contributed by atoms with E-state index in [1.807, 2.05) is 29.0 Å². The first-order valence-corrected chi connectivity index (χ1v) is 9.28. The van der Waals surface area contributed by atoms with Crippen molar-refractivity contribution in [2.75, 3.05) is 26.3 Å².